The lowest BCUT2D eigenvalue weighted by Crippen LogP contribution is -2.68. The molecule has 2 aromatic rings. The van der Waals surface area contributed by atoms with Gasteiger partial charge in [0, 0.05) is 29.6 Å². The van der Waals surface area contributed by atoms with Crippen LogP contribution in [0.5, 0.6) is 0 Å². The lowest BCUT2D eigenvalue weighted by Gasteiger charge is -2.60. The minimum atomic E-state index is -0.194. The smallest absolute Gasteiger partial charge is 0.319 e. The molecule has 2 unspecified atom stereocenters. The first kappa shape index (κ1) is 15.6. The Bertz CT molecular complexity index is 710. The van der Waals surface area contributed by atoms with Gasteiger partial charge in [-0.25, -0.2) is 9.78 Å². The summed E-state index contributed by atoms with van der Waals surface area (Å²) in [5.41, 5.74) is 1.53. The molecule has 2 amide bonds. The van der Waals surface area contributed by atoms with Gasteiger partial charge in [-0.1, -0.05) is 6.42 Å². The van der Waals surface area contributed by atoms with Crippen molar-refractivity contribution in [1.82, 2.24) is 20.5 Å². The van der Waals surface area contributed by atoms with Gasteiger partial charge in [-0.3, -0.25) is 5.10 Å². The van der Waals surface area contributed by atoms with Gasteiger partial charge >= 0.3 is 6.03 Å². The summed E-state index contributed by atoms with van der Waals surface area (Å²) < 4.78 is 5.83. The number of hydrogen-bond acceptors (Lipinski definition) is 5. The number of urea groups is 1. The average Bonchev–Trinajstić information content (AvgIpc) is 3.14. The van der Waals surface area contributed by atoms with Gasteiger partial charge < -0.3 is 15.4 Å². The van der Waals surface area contributed by atoms with Crippen molar-refractivity contribution in [1.29, 1.82) is 0 Å². The van der Waals surface area contributed by atoms with Crippen LogP contribution in [0.2, 0.25) is 0 Å². The molecule has 7 nitrogen and oxygen atoms in total. The Morgan fingerprint density at radius 3 is 3.08 bits per heavy atom. The summed E-state index contributed by atoms with van der Waals surface area (Å²) in [6.45, 7) is 2.76. The number of rotatable bonds is 5. The second-order valence-corrected chi connectivity index (χ2v) is 7.31. The fourth-order valence-corrected chi connectivity index (χ4v) is 4.49. The van der Waals surface area contributed by atoms with Crippen molar-refractivity contribution < 1.29 is 9.53 Å². The van der Waals surface area contributed by atoms with E-state index in [4.69, 9.17) is 4.74 Å². The zero-order valence-electron chi connectivity index (χ0n) is 13.5. The van der Waals surface area contributed by atoms with Crippen LogP contribution in [0.25, 0.3) is 10.7 Å². The van der Waals surface area contributed by atoms with Crippen LogP contribution in [0.4, 0.5) is 10.5 Å². The molecule has 0 saturated heterocycles. The summed E-state index contributed by atoms with van der Waals surface area (Å²) in [7, 11) is 0. The Hall–Kier alpha value is -1.93. The quantitative estimate of drug-likeness (QED) is 0.775. The van der Waals surface area contributed by atoms with Gasteiger partial charge in [-0.2, -0.15) is 5.10 Å². The maximum Gasteiger partial charge on any atom is 0.319 e. The van der Waals surface area contributed by atoms with Gasteiger partial charge in [0.1, 0.15) is 10.7 Å². The maximum atomic E-state index is 12.4. The molecule has 4 rings (SSSR count). The van der Waals surface area contributed by atoms with Gasteiger partial charge in [0.25, 0.3) is 0 Å². The molecule has 0 aromatic carbocycles. The summed E-state index contributed by atoms with van der Waals surface area (Å²) in [5, 5.41) is 15.6. The highest BCUT2D eigenvalue weighted by atomic mass is 32.1. The number of carbonyl (C=O) groups is 1. The van der Waals surface area contributed by atoms with Crippen molar-refractivity contribution in [2.24, 2.45) is 5.41 Å². The lowest BCUT2D eigenvalue weighted by atomic mass is 9.51. The molecule has 2 fully saturated rings. The largest absolute Gasteiger partial charge is 0.378 e. The van der Waals surface area contributed by atoms with Crippen LogP contribution in [0, 0.1) is 5.41 Å². The monoisotopic (exact) mass is 347 g/mol. The number of nitrogens with one attached hydrogen (secondary N) is 3. The fourth-order valence-electron chi connectivity index (χ4n) is 3.85. The van der Waals surface area contributed by atoms with Crippen molar-refractivity contribution in [2.45, 2.75) is 44.8 Å². The van der Waals surface area contributed by atoms with E-state index in [2.05, 4.69) is 25.8 Å². The number of aromatic amines is 1. The molecule has 0 aliphatic heterocycles. The third-order valence-corrected chi connectivity index (χ3v) is 6.07. The third-order valence-electron chi connectivity index (χ3n) is 5.28. The molecule has 2 atom stereocenters. The van der Waals surface area contributed by atoms with Crippen molar-refractivity contribution in [3.05, 3.63) is 17.8 Å². The van der Waals surface area contributed by atoms with Gasteiger partial charge in [-0.05, 0) is 26.2 Å². The molecule has 8 heteroatoms. The normalized spacial score (nSPS) is 24.2. The van der Waals surface area contributed by atoms with E-state index in [1.54, 1.807) is 12.4 Å². The van der Waals surface area contributed by atoms with Crippen LogP contribution in [0.3, 0.4) is 0 Å². The van der Waals surface area contributed by atoms with E-state index in [1.807, 2.05) is 12.3 Å². The van der Waals surface area contributed by atoms with E-state index in [0.717, 1.165) is 36.6 Å². The van der Waals surface area contributed by atoms with Crippen LogP contribution >= 0.6 is 11.3 Å². The number of ether oxygens (including phenoxy) is 1. The van der Waals surface area contributed by atoms with Gasteiger partial charge in [-0.15, -0.1) is 11.3 Å². The minimum absolute atomic E-state index is 0.155. The Morgan fingerprint density at radius 1 is 1.54 bits per heavy atom. The lowest BCUT2D eigenvalue weighted by molar-refractivity contribution is -0.169. The second-order valence-electron chi connectivity index (χ2n) is 6.41. The minimum Gasteiger partial charge on any atom is -0.378 e. The van der Waals surface area contributed by atoms with Crippen LogP contribution in [0.15, 0.2) is 17.8 Å². The molecule has 3 N–H and O–H groups in total. The van der Waals surface area contributed by atoms with Crippen LogP contribution in [-0.4, -0.2) is 40.0 Å². The Kier molecular flexibility index (Phi) is 4.01. The number of hydrogen-bond donors (Lipinski definition) is 3. The fraction of sp³-hybridized carbons (Fsp3) is 0.562. The first-order chi connectivity index (χ1) is 11.7. The summed E-state index contributed by atoms with van der Waals surface area (Å²) in [6, 6.07) is -0.00144. The van der Waals surface area contributed by atoms with Crippen molar-refractivity contribution in [3.63, 3.8) is 0 Å². The first-order valence-corrected chi connectivity index (χ1v) is 9.23. The summed E-state index contributed by atoms with van der Waals surface area (Å²) in [4.78, 5) is 16.7. The molecule has 0 radical (unpaired) electrons. The van der Waals surface area contributed by atoms with E-state index in [0.29, 0.717) is 11.8 Å². The molecule has 2 aromatic heterocycles. The average molecular weight is 347 g/mol. The number of amides is 2. The Balaban J connectivity index is 1.39. The first-order valence-electron chi connectivity index (χ1n) is 8.35. The van der Waals surface area contributed by atoms with E-state index in [9.17, 15) is 4.79 Å². The Morgan fingerprint density at radius 2 is 2.42 bits per heavy atom. The van der Waals surface area contributed by atoms with E-state index >= 15 is 0 Å². The van der Waals surface area contributed by atoms with Gasteiger partial charge in [0.15, 0.2) is 0 Å². The molecule has 2 saturated carbocycles. The number of nitrogens with zero attached hydrogens (tertiary/aromatic N) is 2. The molecule has 0 bridgehead atoms. The highest BCUT2D eigenvalue weighted by molar-refractivity contribution is 7.13. The van der Waals surface area contributed by atoms with E-state index in [-0.39, 0.29) is 17.5 Å². The summed E-state index contributed by atoms with van der Waals surface area (Å²) in [6.07, 6.45) is 8.02. The van der Waals surface area contributed by atoms with Gasteiger partial charge in [0.05, 0.1) is 18.0 Å². The SMILES string of the molecule is CCOC1CC(NC(=O)Nc2cn[nH]c2-c2nccs2)C12CCC2. The van der Waals surface area contributed by atoms with Gasteiger partial charge in [0.2, 0.25) is 0 Å². The molecule has 24 heavy (non-hydrogen) atoms. The molecule has 1 spiro atoms. The number of carbonyl (C=O) groups excluding carboxylic acids is 1. The predicted molar refractivity (Wildman–Crippen MR) is 92.0 cm³/mol. The molecule has 2 aliphatic rings. The predicted octanol–water partition coefficient (Wildman–Crippen LogP) is 3.00. The summed E-state index contributed by atoms with van der Waals surface area (Å²) >= 11 is 1.50. The maximum absolute atomic E-state index is 12.4. The van der Waals surface area contributed by atoms with Crippen molar-refractivity contribution >= 4 is 23.1 Å². The molecule has 2 heterocycles. The van der Waals surface area contributed by atoms with E-state index < -0.39 is 0 Å². The highest BCUT2D eigenvalue weighted by Gasteiger charge is 2.59. The van der Waals surface area contributed by atoms with Crippen LogP contribution in [-0.2, 0) is 4.74 Å². The molecule has 128 valence electrons. The number of aromatic nitrogens is 3. The topological polar surface area (TPSA) is 91.9 Å². The standard InChI is InChI=1S/C16H21N5O2S/c1-2-23-12-8-11(16(12)4-3-5-16)20-15(22)19-10-9-18-21-13(10)14-17-6-7-24-14/h6-7,9,11-12H,2-5,8H2,1H3,(H,18,21)(H2,19,20,22). The van der Waals surface area contributed by atoms with Crippen LogP contribution < -0.4 is 10.6 Å². The van der Waals surface area contributed by atoms with E-state index in [1.165, 1.54) is 17.8 Å². The number of thiazole rings is 1. The number of H-pyrrole nitrogens is 1. The second kappa shape index (κ2) is 6.18. The molecular formula is C16H21N5O2S. The third kappa shape index (κ3) is 2.50. The zero-order valence-corrected chi connectivity index (χ0v) is 14.4. The highest BCUT2D eigenvalue weighted by Crippen LogP contribution is 2.57. The van der Waals surface area contributed by atoms with Crippen molar-refractivity contribution in [2.75, 3.05) is 11.9 Å². The summed E-state index contributed by atoms with van der Waals surface area (Å²) in [5.74, 6) is 0. The van der Waals surface area contributed by atoms with Crippen LogP contribution in [0.1, 0.15) is 32.6 Å². The van der Waals surface area contributed by atoms with Crippen molar-refractivity contribution in [3.8, 4) is 10.7 Å². The number of anilines is 1. The Labute approximate surface area is 144 Å². The molecular weight excluding hydrogens is 326 g/mol. The zero-order chi connectivity index (χ0) is 16.6. The molecule has 2 aliphatic carbocycles.